The molecule has 136 valence electrons. The van der Waals surface area contributed by atoms with Crippen molar-refractivity contribution in [2.45, 2.75) is 26.4 Å². The minimum absolute atomic E-state index is 0.118. The second kappa shape index (κ2) is 8.42. The maximum Gasteiger partial charge on any atom is 0.161 e. The quantitative estimate of drug-likeness (QED) is 0.396. The summed E-state index contributed by atoms with van der Waals surface area (Å²) in [5.41, 5.74) is 2.40. The summed E-state index contributed by atoms with van der Waals surface area (Å²) in [4.78, 5) is 0. The van der Waals surface area contributed by atoms with Crippen LogP contribution in [0.25, 0.3) is 22.4 Å². The van der Waals surface area contributed by atoms with Gasteiger partial charge in [0.1, 0.15) is 0 Å². The van der Waals surface area contributed by atoms with Gasteiger partial charge in [0.15, 0.2) is 11.5 Å². The lowest BCUT2D eigenvalue weighted by molar-refractivity contribution is 0.207. The molecule has 0 unspecified atom stereocenters. The van der Waals surface area contributed by atoms with Crippen LogP contribution in [0.1, 0.15) is 31.4 Å². The van der Waals surface area contributed by atoms with Crippen LogP contribution in [0, 0.1) is 11.3 Å². The summed E-state index contributed by atoms with van der Waals surface area (Å²) in [5, 5.41) is 11.9. The summed E-state index contributed by atoms with van der Waals surface area (Å²) >= 11 is 0. The Morgan fingerprint density at radius 1 is 1.04 bits per heavy atom. The third kappa shape index (κ3) is 4.30. The molecule has 0 heterocycles. The van der Waals surface area contributed by atoms with Crippen molar-refractivity contribution in [3.05, 3.63) is 71.8 Å². The molecular weight excluding hydrogens is 334 g/mol. The Bertz CT molecular complexity index is 1010. The highest BCUT2D eigenvalue weighted by Crippen LogP contribution is 2.31. The Kier molecular flexibility index (Phi) is 5.78. The van der Waals surface area contributed by atoms with E-state index in [2.05, 4.69) is 25.1 Å². The minimum Gasteiger partial charge on any atom is -0.493 e. The Morgan fingerprint density at radius 2 is 1.81 bits per heavy atom. The number of benzene rings is 3. The SMILES string of the molecule is CC[C@@H](C)Oc1ccc(/C=C(/C#N)c2ccc3ccccc3c2)cc1OC. The fourth-order valence-electron chi connectivity index (χ4n) is 2.88. The summed E-state index contributed by atoms with van der Waals surface area (Å²) in [7, 11) is 1.63. The maximum absolute atomic E-state index is 9.67. The number of nitriles is 1. The first-order chi connectivity index (χ1) is 13.1. The van der Waals surface area contributed by atoms with E-state index < -0.39 is 0 Å². The molecule has 0 amide bonds. The average Bonchev–Trinajstić information content (AvgIpc) is 2.72. The summed E-state index contributed by atoms with van der Waals surface area (Å²) < 4.78 is 11.4. The molecule has 0 spiro atoms. The van der Waals surface area contributed by atoms with Gasteiger partial charge in [0.25, 0.3) is 0 Å². The molecule has 3 aromatic carbocycles. The smallest absolute Gasteiger partial charge is 0.161 e. The zero-order valence-electron chi connectivity index (χ0n) is 15.9. The van der Waals surface area contributed by atoms with E-state index in [4.69, 9.17) is 9.47 Å². The number of hydrogen-bond donors (Lipinski definition) is 0. The van der Waals surface area contributed by atoms with Gasteiger partial charge in [-0.15, -0.1) is 0 Å². The zero-order valence-corrected chi connectivity index (χ0v) is 15.9. The van der Waals surface area contributed by atoms with E-state index in [0.717, 1.165) is 28.3 Å². The summed E-state index contributed by atoms with van der Waals surface area (Å²) in [5.74, 6) is 1.38. The predicted molar refractivity (Wildman–Crippen MR) is 111 cm³/mol. The predicted octanol–water partition coefficient (Wildman–Crippen LogP) is 6.09. The molecule has 0 saturated heterocycles. The molecule has 3 aromatic rings. The van der Waals surface area contributed by atoms with E-state index in [1.165, 1.54) is 0 Å². The van der Waals surface area contributed by atoms with Gasteiger partial charge in [0.05, 0.1) is 24.9 Å². The third-order valence-corrected chi connectivity index (χ3v) is 4.58. The van der Waals surface area contributed by atoms with Crippen molar-refractivity contribution in [1.82, 2.24) is 0 Å². The average molecular weight is 357 g/mol. The lowest BCUT2D eigenvalue weighted by Gasteiger charge is -2.15. The van der Waals surface area contributed by atoms with Crippen molar-refractivity contribution in [2.24, 2.45) is 0 Å². The van der Waals surface area contributed by atoms with Crippen LogP contribution in [0.15, 0.2) is 60.7 Å². The molecule has 3 heteroatoms. The van der Waals surface area contributed by atoms with Gasteiger partial charge in [0.2, 0.25) is 0 Å². The highest BCUT2D eigenvalue weighted by atomic mass is 16.5. The number of hydrogen-bond acceptors (Lipinski definition) is 3. The zero-order chi connectivity index (χ0) is 19.2. The first-order valence-corrected chi connectivity index (χ1v) is 9.10. The number of ether oxygens (including phenoxy) is 2. The molecule has 0 bridgehead atoms. The second-order valence-electron chi connectivity index (χ2n) is 6.48. The fourth-order valence-corrected chi connectivity index (χ4v) is 2.88. The van der Waals surface area contributed by atoms with E-state index in [1.54, 1.807) is 7.11 Å². The summed E-state index contributed by atoms with van der Waals surface area (Å²) in [6, 6.07) is 22.3. The molecule has 0 N–H and O–H groups in total. The van der Waals surface area contributed by atoms with Gasteiger partial charge in [0, 0.05) is 0 Å². The van der Waals surface area contributed by atoms with Crippen LogP contribution in [0.3, 0.4) is 0 Å². The highest BCUT2D eigenvalue weighted by Gasteiger charge is 2.09. The first-order valence-electron chi connectivity index (χ1n) is 9.10. The van der Waals surface area contributed by atoms with Crippen molar-refractivity contribution in [3.63, 3.8) is 0 Å². The van der Waals surface area contributed by atoms with E-state index in [9.17, 15) is 5.26 Å². The van der Waals surface area contributed by atoms with Gasteiger partial charge in [-0.1, -0.05) is 49.4 Å². The fraction of sp³-hybridized carbons (Fsp3) is 0.208. The molecule has 27 heavy (non-hydrogen) atoms. The van der Waals surface area contributed by atoms with Gasteiger partial charge in [-0.3, -0.25) is 0 Å². The van der Waals surface area contributed by atoms with Gasteiger partial charge in [-0.25, -0.2) is 0 Å². The molecule has 0 fully saturated rings. The van der Waals surface area contributed by atoms with Crippen molar-refractivity contribution in [3.8, 4) is 17.6 Å². The lowest BCUT2D eigenvalue weighted by Crippen LogP contribution is -2.10. The Hall–Kier alpha value is -3.25. The van der Waals surface area contributed by atoms with Gasteiger partial charge in [-0.05, 0) is 59.5 Å². The summed E-state index contributed by atoms with van der Waals surface area (Å²) in [6.45, 7) is 4.11. The molecule has 1 atom stereocenters. The molecule has 0 aliphatic heterocycles. The minimum atomic E-state index is 0.118. The second-order valence-corrected chi connectivity index (χ2v) is 6.48. The number of allylic oxidation sites excluding steroid dienone is 1. The standard InChI is InChI=1S/C24H23NO2/c1-4-17(2)27-23-12-9-18(14-24(23)26-3)13-22(16-25)21-11-10-19-7-5-6-8-20(19)15-21/h5-15,17H,4H2,1-3H3/b22-13-/t17-/m1/s1. The number of nitrogens with zero attached hydrogens (tertiary/aromatic N) is 1. The van der Waals surface area contributed by atoms with Crippen molar-refractivity contribution >= 4 is 22.4 Å². The van der Waals surface area contributed by atoms with Crippen LogP contribution in [0.4, 0.5) is 0 Å². The largest absolute Gasteiger partial charge is 0.493 e. The van der Waals surface area contributed by atoms with Crippen LogP contribution in [-0.4, -0.2) is 13.2 Å². The molecule has 0 aliphatic carbocycles. The first kappa shape index (κ1) is 18.5. The van der Waals surface area contributed by atoms with Crippen molar-refractivity contribution in [2.75, 3.05) is 7.11 Å². The van der Waals surface area contributed by atoms with E-state index in [1.807, 2.05) is 61.5 Å². The van der Waals surface area contributed by atoms with E-state index >= 15 is 0 Å². The van der Waals surface area contributed by atoms with E-state index in [0.29, 0.717) is 17.1 Å². The Balaban J connectivity index is 1.96. The van der Waals surface area contributed by atoms with Gasteiger partial charge in [-0.2, -0.15) is 5.26 Å². The van der Waals surface area contributed by atoms with Crippen LogP contribution < -0.4 is 9.47 Å². The maximum atomic E-state index is 9.67. The van der Waals surface area contributed by atoms with Crippen LogP contribution >= 0.6 is 0 Å². The molecule has 0 aromatic heterocycles. The number of methoxy groups -OCH3 is 1. The number of rotatable bonds is 6. The van der Waals surface area contributed by atoms with Gasteiger partial charge < -0.3 is 9.47 Å². The molecule has 0 radical (unpaired) electrons. The third-order valence-electron chi connectivity index (χ3n) is 4.58. The monoisotopic (exact) mass is 357 g/mol. The van der Waals surface area contributed by atoms with Crippen molar-refractivity contribution in [1.29, 1.82) is 5.26 Å². The molecule has 3 rings (SSSR count). The molecule has 0 saturated carbocycles. The van der Waals surface area contributed by atoms with E-state index in [-0.39, 0.29) is 6.10 Å². The van der Waals surface area contributed by atoms with Crippen molar-refractivity contribution < 1.29 is 9.47 Å². The van der Waals surface area contributed by atoms with Crippen LogP contribution in [0.2, 0.25) is 0 Å². The Morgan fingerprint density at radius 3 is 2.52 bits per heavy atom. The van der Waals surface area contributed by atoms with Gasteiger partial charge >= 0.3 is 0 Å². The van der Waals surface area contributed by atoms with Crippen LogP contribution in [0.5, 0.6) is 11.5 Å². The Labute approximate surface area is 160 Å². The van der Waals surface area contributed by atoms with Crippen LogP contribution in [-0.2, 0) is 0 Å². The summed E-state index contributed by atoms with van der Waals surface area (Å²) in [6.07, 6.45) is 2.91. The highest BCUT2D eigenvalue weighted by molar-refractivity contribution is 5.94. The lowest BCUT2D eigenvalue weighted by atomic mass is 10.00. The number of fused-ring (bicyclic) bond motifs is 1. The molecule has 0 aliphatic rings. The normalized spacial score (nSPS) is 12.4. The molecular formula is C24H23NO2. The topological polar surface area (TPSA) is 42.2 Å². The molecule has 3 nitrogen and oxygen atoms in total.